The van der Waals surface area contributed by atoms with Crippen molar-refractivity contribution in [1.82, 2.24) is 5.43 Å². The van der Waals surface area contributed by atoms with Gasteiger partial charge in [-0.25, -0.2) is 4.39 Å². The van der Waals surface area contributed by atoms with Crippen molar-refractivity contribution in [1.29, 1.82) is 0 Å². The zero-order chi connectivity index (χ0) is 10.6. The summed E-state index contributed by atoms with van der Waals surface area (Å²) in [6.07, 6.45) is 1.22. The van der Waals surface area contributed by atoms with Crippen LogP contribution in [0.2, 0.25) is 0 Å². The number of hydrogen-bond acceptors (Lipinski definition) is 3. The van der Waals surface area contributed by atoms with E-state index in [1.54, 1.807) is 0 Å². The van der Waals surface area contributed by atoms with Gasteiger partial charge in [-0.3, -0.25) is 5.43 Å². The third-order valence-corrected chi connectivity index (χ3v) is 1.49. The predicted octanol–water partition coefficient (Wildman–Crippen LogP) is 0.698. The Morgan fingerprint density at radius 1 is 1.64 bits per heavy atom. The van der Waals surface area contributed by atoms with Crippen LogP contribution >= 0.6 is 12.2 Å². The van der Waals surface area contributed by atoms with Crippen molar-refractivity contribution in [2.24, 2.45) is 10.8 Å². The van der Waals surface area contributed by atoms with Gasteiger partial charge in [0.25, 0.3) is 0 Å². The number of nitrogens with zero attached hydrogens (tertiary/aromatic N) is 1. The maximum Gasteiger partial charge on any atom is 0.184 e. The molecule has 0 spiro atoms. The smallest absolute Gasteiger partial charge is 0.184 e. The largest absolute Gasteiger partial charge is 0.504 e. The van der Waals surface area contributed by atoms with Crippen LogP contribution in [0.4, 0.5) is 4.39 Å². The van der Waals surface area contributed by atoms with Gasteiger partial charge < -0.3 is 10.8 Å². The fourth-order valence-electron chi connectivity index (χ4n) is 0.802. The molecule has 0 atom stereocenters. The number of thiocarbonyl (C=S) groups is 1. The lowest BCUT2D eigenvalue weighted by molar-refractivity contribution is 0.431. The van der Waals surface area contributed by atoms with Gasteiger partial charge in [0.05, 0.1) is 6.21 Å². The van der Waals surface area contributed by atoms with Crippen molar-refractivity contribution in [3.8, 4) is 5.75 Å². The minimum atomic E-state index is -0.704. The zero-order valence-electron chi connectivity index (χ0n) is 7.07. The molecule has 0 saturated heterocycles. The van der Waals surface area contributed by atoms with E-state index in [1.165, 1.54) is 18.3 Å². The third-order valence-electron chi connectivity index (χ3n) is 1.40. The highest BCUT2D eigenvalue weighted by atomic mass is 32.1. The molecule has 1 aromatic rings. The number of halogens is 1. The van der Waals surface area contributed by atoms with Gasteiger partial charge in [-0.05, 0) is 24.4 Å². The summed E-state index contributed by atoms with van der Waals surface area (Å²) in [5.41, 5.74) is 7.62. The van der Waals surface area contributed by atoms with Crippen LogP contribution in [0.1, 0.15) is 5.56 Å². The van der Waals surface area contributed by atoms with Crippen LogP contribution < -0.4 is 11.2 Å². The molecule has 1 aromatic carbocycles. The third kappa shape index (κ3) is 2.67. The summed E-state index contributed by atoms with van der Waals surface area (Å²) >= 11 is 4.49. The second kappa shape index (κ2) is 4.52. The van der Waals surface area contributed by atoms with E-state index in [-0.39, 0.29) is 10.7 Å². The second-order valence-electron chi connectivity index (χ2n) is 2.41. The number of nitrogens with two attached hydrogens (primary N) is 1. The lowest BCUT2D eigenvalue weighted by Crippen LogP contribution is -2.24. The van der Waals surface area contributed by atoms with Crippen molar-refractivity contribution in [3.05, 3.63) is 29.6 Å². The number of nitrogens with one attached hydrogen (secondary N) is 1. The molecule has 0 aliphatic rings. The molecule has 0 saturated carbocycles. The molecule has 0 radical (unpaired) electrons. The lowest BCUT2D eigenvalue weighted by atomic mass is 10.2. The van der Waals surface area contributed by atoms with Crippen molar-refractivity contribution >= 4 is 23.5 Å². The Kier molecular flexibility index (Phi) is 3.35. The first-order chi connectivity index (χ1) is 6.61. The number of aromatic hydroxyl groups is 1. The van der Waals surface area contributed by atoms with Crippen molar-refractivity contribution in [3.63, 3.8) is 0 Å². The summed E-state index contributed by atoms with van der Waals surface area (Å²) in [5, 5.41) is 12.8. The number of hydrazone groups is 1. The molecule has 1 rings (SSSR count). The highest BCUT2D eigenvalue weighted by molar-refractivity contribution is 7.80. The van der Waals surface area contributed by atoms with Crippen LogP contribution in [-0.4, -0.2) is 16.4 Å². The Morgan fingerprint density at radius 2 is 2.36 bits per heavy atom. The lowest BCUT2D eigenvalue weighted by Gasteiger charge is -1.99. The van der Waals surface area contributed by atoms with Crippen LogP contribution in [0, 0.1) is 5.82 Å². The molecule has 4 nitrogen and oxygen atoms in total. The highest BCUT2D eigenvalue weighted by Crippen LogP contribution is 2.18. The zero-order valence-corrected chi connectivity index (χ0v) is 7.88. The van der Waals surface area contributed by atoms with Crippen LogP contribution in [0.15, 0.2) is 23.3 Å². The Labute approximate surface area is 85.2 Å². The van der Waals surface area contributed by atoms with Gasteiger partial charge in [-0.15, -0.1) is 0 Å². The average Bonchev–Trinajstić information content (AvgIpc) is 2.12. The average molecular weight is 213 g/mol. The van der Waals surface area contributed by atoms with E-state index in [0.29, 0.717) is 0 Å². The molecule has 6 heteroatoms. The van der Waals surface area contributed by atoms with Crippen molar-refractivity contribution < 1.29 is 9.50 Å². The molecule has 0 aliphatic heterocycles. The summed E-state index contributed by atoms with van der Waals surface area (Å²) in [6, 6.07) is 4.11. The molecule has 0 bridgehead atoms. The molecule has 0 amide bonds. The predicted molar refractivity (Wildman–Crippen MR) is 55.6 cm³/mol. The van der Waals surface area contributed by atoms with Crippen molar-refractivity contribution in [2.45, 2.75) is 0 Å². The Morgan fingerprint density at radius 3 is 3.00 bits per heavy atom. The highest BCUT2D eigenvalue weighted by Gasteiger charge is 2.03. The normalized spacial score (nSPS) is 10.4. The number of phenols is 1. The fraction of sp³-hybridized carbons (Fsp3) is 0. The van der Waals surface area contributed by atoms with E-state index < -0.39 is 11.6 Å². The number of phenolic OH excluding ortho intramolecular Hbond substituents is 1. The number of para-hydroxylation sites is 1. The molecule has 4 N–H and O–H groups in total. The van der Waals surface area contributed by atoms with E-state index in [2.05, 4.69) is 22.7 Å². The molecular weight excluding hydrogens is 205 g/mol. The van der Waals surface area contributed by atoms with Crippen LogP contribution in [0.3, 0.4) is 0 Å². The van der Waals surface area contributed by atoms with E-state index in [9.17, 15) is 9.50 Å². The van der Waals surface area contributed by atoms with Gasteiger partial charge in [-0.2, -0.15) is 5.10 Å². The van der Waals surface area contributed by atoms with E-state index in [0.717, 1.165) is 6.07 Å². The molecule has 0 heterocycles. The molecular formula is C8H8FN3OS. The van der Waals surface area contributed by atoms with E-state index in [1.807, 2.05) is 0 Å². The molecule has 74 valence electrons. The maximum atomic E-state index is 12.8. The summed E-state index contributed by atoms with van der Waals surface area (Å²) in [7, 11) is 0. The molecule has 0 unspecified atom stereocenters. The fourth-order valence-corrected chi connectivity index (χ4v) is 0.854. The van der Waals surface area contributed by atoms with Crippen LogP contribution in [0.25, 0.3) is 0 Å². The summed E-state index contributed by atoms with van der Waals surface area (Å²) < 4.78 is 12.8. The number of hydrogen-bond donors (Lipinski definition) is 3. The monoisotopic (exact) mass is 213 g/mol. The quantitative estimate of drug-likeness (QED) is 0.384. The second-order valence-corrected chi connectivity index (χ2v) is 2.85. The van der Waals surface area contributed by atoms with Crippen LogP contribution in [0.5, 0.6) is 5.75 Å². The van der Waals surface area contributed by atoms with Gasteiger partial charge in [0.2, 0.25) is 0 Å². The molecule has 0 aromatic heterocycles. The van der Waals surface area contributed by atoms with E-state index in [4.69, 9.17) is 5.73 Å². The van der Waals surface area contributed by atoms with Gasteiger partial charge in [-0.1, -0.05) is 6.07 Å². The molecule has 14 heavy (non-hydrogen) atoms. The summed E-state index contributed by atoms with van der Waals surface area (Å²) in [4.78, 5) is 0. The first-order valence-corrected chi connectivity index (χ1v) is 4.08. The minimum absolute atomic E-state index is 0.00265. The summed E-state index contributed by atoms with van der Waals surface area (Å²) in [6.45, 7) is 0. The Bertz CT molecular complexity index is 381. The topological polar surface area (TPSA) is 70.6 Å². The van der Waals surface area contributed by atoms with E-state index >= 15 is 0 Å². The minimum Gasteiger partial charge on any atom is -0.504 e. The molecule has 0 aliphatic carbocycles. The molecule has 0 fully saturated rings. The first-order valence-electron chi connectivity index (χ1n) is 3.67. The van der Waals surface area contributed by atoms with Crippen LogP contribution in [-0.2, 0) is 0 Å². The van der Waals surface area contributed by atoms with Gasteiger partial charge in [0, 0.05) is 5.56 Å². The Hall–Kier alpha value is -1.69. The van der Waals surface area contributed by atoms with Gasteiger partial charge in [0.15, 0.2) is 16.7 Å². The first kappa shape index (κ1) is 10.4. The number of rotatable bonds is 2. The SMILES string of the molecule is NC(=S)N/N=C/c1cccc(F)c1O. The maximum absolute atomic E-state index is 12.8. The van der Waals surface area contributed by atoms with Gasteiger partial charge >= 0.3 is 0 Å². The van der Waals surface area contributed by atoms with Gasteiger partial charge in [0.1, 0.15) is 0 Å². The standard InChI is InChI=1S/C8H8FN3OS/c9-6-3-1-2-5(7(6)13)4-11-12-8(10)14/h1-4,13H,(H3,10,12,14)/b11-4+. The number of benzene rings is 1. The summed E-state index contributed by atoms with van der Waals surface area (Å²) in [5.74, 6) is -1.16. The van der Waals surface area contributed by atoms with Crippen molar-refractivity contribution in [2.75, 3.05) is 0 Å². The Balaban J connectivity index is 2.81.